The molecule has 2 N–H and O–H groups in total. The summed E-state index contributed by atoms with van der Waals surface area (Å²) in [4.78, 5) is 26.3. The number of aromatic nitrogens is 1. The van der Waals surface area contributed by atoms with Gasteiger partial charge in [-0.1, -0.05) is 5.16 Å². The van der Waals surface area contributed by atoms with Crippen LogP contribution in [0.1, 0.15) is 49.1 Å². The summed E-state index contributed by atoms with van der Waals surface area (Å²) in [5.74, 6) is 0.844. The molecule has 1 saturated heterocycles. The van der Waals surface area contributed by atoms with Crippen LogP contribution in [0.5, 0.6) is 0 Å². The average Bonchev–Trinajstić information content (AvgIpc) is 3.12. The van der Waals surface area contributed by atoms with E-state index in [1.54, 1.807) is 4.90 Å². The van der Waals surface area contributed by atoms with Crippen LogP contribution >= 0.6 is 0 Å². The van der Waals surface area contributed by atoms with Crippen LogP contribution < -0.4 is 10.6 Å². The van der Waals surface area contributed by atoms with E-state index < -0.39 is 0 Å². The maximum absolute atomic E-state index is 12.4. The number of carbonyl (C=O) groups is 2. The highest BCUT2D eigenvalue weighted by Crippen LogP contribution is 2.22. The van der Waals surface area contributed by atoms with Crippen LogP contribution in [0, 0.1) is 13.8 Å². The van der Waals surface area contributed by atoms with Crippen LogP contribution in [-0.4, -0.2) is 47.2 Å². The van der Waals surface area contributed by atoms with Crippen molar-refractivity contribution < 1.29 is 14.1 Å². The van der Waals surface area contributed by atoms with Crippen molar-refractivity contribution in [3.05, 3.63) is 17.0 Å². The van der Waals surface area contributed by atoms with Crippen molar-refractivity contribution in [3.63, 3.8) is 0 Å². The van der Waals surface area contributed by atoms with E-state index in [0.29, 0.717) is 19.1 Å². The molecule has 1 unspecified atom stereocenters. The van der Waals surface area contributed by atoms with E-state index in [9.17, 15) is 9.59 Å². The molecule has 1 aromatic heterocycles. The van der Waals surface area contributed by atoms with E-state index in [-0.39, 0.29) is 18.0 Å². The Balaban J connectivity index is 1.43. The number of likely N-dealkylation sites (tertiary alicyclic amines) is 1. The molecule has 1 atom stereocenters. The van der Waals surface area contributed by atoms with Crippen molar-refractivity contribution in [2.75, 3.05) is 13.1 Å². The monoisotopic (exact) mass is 334 g/mol. The van der Waals surface area contributed by atoms with E-state index in [1.807, 2.05) is 13.8 Å². The van der Waals surface area contributed by atoms with Crippen molar-refractivity contribution >= 4 is 11.9 Å². The van der Waals surface area contributed by atoms with E-state index in [2.05, 4.69) is 15.8 Å². The van der Waals surface area contributed by atoms with Gasteiger partial charge >= 0.3 is 6.03 Å². The molecule has 1 aliphatic carbocycles. The highest BCUT2D eigenvalue weighted by atomic mass is 16.5. The molecule has 7 nitrogen and oxygen atoms in total. The molecule has 0 radical (unpaired) electrons. The lowest BCUT2D eigenvalue weighted by Crippen LogP contribution is -2.50. The first-order chi connectivity index (χ1) is 11.6. The number of aryl methyl sites for hydroxylation is 2. The minimum absolute atomic E-state index is 0.000807. The SMILES string of the molecule is Cc1noc(C)c1CCCNC(=O)N1CCCC1C(=O)NC1CC1. The first kappa shape index (κ1) is 16.8. The lowest BCUT2D eigenvalue weighted by Gasteiger charge is -2.24. The molecular formula is C17H26N4O3. The second-order valence-electron chi connectivity index (χ2n) is 6.77. The van der Waals surface area contributed by atoms with Crippen molar-refractivity contribution in [1.82, 2.24) is 20.7 Å². The molecule has 2 fully saturated rings. The van der Waals surface area contributed by atoms with Gasteiger partial charge in [0.05, 0.1) is 5.69 Å². The minimum atomic E-state index is -0.312. The quantitative estimate of drug-likeness (QED) is 0.775. The maximum atomic E-state index is 12.4. The summed E-state index contributed by atoms with van der Waals surface area (Å²) in [6, 6.07) is -0.117. The Kier molecular flexibility index (Phi) is 5.06. The summed E-state index contributed by atoms with van der Waals surface area (Å²) in [5, 5.41) is 9.87. The van der Waals surface area contributed by atoms with Gasteiger partial charge in [-0.15, -0.1) is 0 Å². The van der Waals surface area contributed by atoms with Crippen LogP contribution in [0.3, 0.4) is 0 Å². The lowest BCUT2D eigenvalue weighted by molar-refractivity contribution is -0.124. The average molecular weight is 334 g/mol. The third kappa shape index (κ3) is 3.88. The molecule has 2 aliphatic rings. The number of urea groups is 1. The first-order valence-electron chi connectivity index (χ1n) is 8.83. The summed E-state index contributed by atoms with van der Waals surface area (Å²) in [6.45, 7) is 5.06. The van der Waals surface area contributed by atoms with E-state index >= 15 is 0 Å². The van der Waals surface area contributed by atoms with E-state index in [4.69, 9.17) is 4.52 Å². The van der Waals surface area contributed by atoms with Crippen molar-refractivity contribution in [1.29, 1.82) is 0 Å². The molecule has 24 heavy (non-hydrogen) atoms. The molecule has 1 aromatic rings. The molecule has 1 saturated carbocycles. The third-order valence-electron chi connectivity index (χ3n) is 4.80. The van der Waals surface area contributed by atoms with Gasteiger partial charge in [0.1, 0.15) is 11.8 Å². The lowest BCUT2D eigenvalue weighted by atomic mass is 10.1. The van der Waals surface area contributed by atoms with Gasteiger partial charge in [-0.2, -0.15) is 0 Å². The fourth-order valence-electron chi connectivity index (χ4n) is 3.23. The standard InChI is InChI=1S/C17H26N4O3/c1-11-14(12(2)24-20-11)5-3-9-18-17(23)21-10-4-6-15(21)16(22)19-13-7-8-13/h13,15H,3-10H2,1-2H3,(H,18,23)(H,19,22). The number of nitrogens with one attached hydrogen (secondary N) is 2. The molecule has 132 valence electrons. The molecule has 0 aromatic carbocycles. The predicted octanol–water partition coefficient (Wildman–Crippen LogP) is 1.68. The molecule has 3 rings (SSSR count). The molecule has 1 aliphatic heterocycles. The number of amides is 3. The summed E-state index contributed by atoms with van der Waals surface area (Å²) in [6.07, 6.45) is 5.41. The summed E-state index contributed by atoms with van der Waals surface area (Å²) < 4.78 is 5.14. The Morgan fingerprint density at radius 2 is 2.08 bits per heavy atom. The van der Waals surface area contributed by atoms with Gasteiger partial charge in [0, 0.05) is 24.7 Å². The van der Waals surface area contributed by atoms with Gasteiger partial charge in [0.2, 0.25) is 5.91 Å². The van der Waals surface area contributed by atoms with Crippen molar-refractivity contribution in [3.8, 4) is 0 Å². The number of carbonyl (C=O) groups excluding carboxylic acids is 2. The molecular weight excluding hydrogens is 308 g/mol. The zero-order valence-electron chi connectivity index (χ0n) is 14.4. The van der Waals surface area contributed by atoms with Gasteiger partial charge < -0.3 is 20.1 Å². The van der Waals surface area contributed by atoms with Crippen LogP contribution in [0.4, 0.5) is 4.79 Å². The van der Waals surface area contributed by atoms with Gasteiger partial charge in [-0.3, -0.25) is 4.79 Å². The molecule has 3 amide bonds. The fraction of sp³-hybridized carbons (Fsp3) is 0.706. The highest BCUT2D eigenvalue weighted by Gasteiger charge is 2.36. The smallest absolute Gasteiger partial charge is 0.318 e. The Hall–Kier alpha value is -2.05. The fourth-order valence-corrected chi connectivity index (χ4v) is 3.23. The molecule has 0 bridgehead atoms. The maximum Gasteiger partial charge on any atom is 0.318 e. The largest absolute Gasteiger partial charge is 0.361 e. The highest BCUT2D eigenvalue weighted by molar-refractivity contribution is 5.88. The van der Waals surface area contributed by atoms with Gasteiger partial charge in [-0.05, 0) is 52.4 Å². The van der Waals surface area contributed by atoms with Crippen LogP contribution in [0.2, 0.25) is 0 Å². The predicted molar refractivity (Wildman–Crippen MR) is 88.6 cm³/mol. The van der Waals surface area contributed by atoms with Crippen LogP contribution in [-0.2, 0) is 11.2 Å². The second kappa shape index (κ2) is 7.23. The molecule has 2 heterocycles. The molecule has 7 heteroatoms. The van der Waals surface area contributed by atoms with Crippen LogP contribution in [0.25, 0.3) is 0 Å². The number of nitrogens with zero attached hydrogens (tertiary/aromatic N) is 2. The summed E-state index contributed by atoms with van der Waals surface area (Å²) in [7, 11) is 0. The van der Waals surface area contributed by atoms with Crippen molar-refractivity contribution in [2.45, 2.75) is 64.5 Å². The summed E-state index contributed by atoms with van der Waals surface area (Å²) in [5.41, 5.74) is 2.03. The Labute approximate surface area is 142 Å². The zero-order valence-corrected chi connectivity index (χ0v) is 14.4. The first-order valence-corrected chi connectivity index (χ1v) is 8.83. The Morgan fingerprint density at radius 3 is 2.75 bits per heavy atom. The van der Waals surface area contributed by atoms with E-state index in [1.165, 1.54) is 0 Å². The number of hydrogen-bond acceptors (Lipinski definition) is 4. The summed E-state index contributed by atoms with van der Waals surface area (Å²) >= 11 is 0. The zero-order chi connectivity index (χ0) is 17.1. The Morgan fingerprint density at radius 1 is 1.29 bits per heavy atom. The number of hydrogen-bond donors (Lipinski definition) is 2. The second-order valence-corrected chi connectivity index (χ2v) is 6.77. The van der Waals surface area contributed by atoms with Crippen molar-refractivity contribution in [2.24, 2.45) is 0 Å². The normalized spacial score (nSPS) is 20.2. The minimum Gasteiger partial charge on any atom is -0.361 e. The van der Waals surface area contributed by atoms with Gasteiger partial charge in [-0.25, -0.2) is 4.79 Å². The van der Waals surface area contributed by atoms with Gasteiger partial charge in [0.15, 0.2) is 0 Å². The van der Waals surface area contributed by atoms with Gasteiger partial charge in [0.25, 0.3) is 0 Å². The topological polar surface area (TPSA) is 87.5 Å². The molecule has 0 spiro atoms. The third-order valence-corrected chi connectivity index (χ3v) is 4.80. The van der Waals surface area contributed by atoms with Crippen LogP contribution in [0.15, 0.2) is 4.52 Å². The van der Waals surface area contributed by atoms with E-state index in [0.717, 1.165) is 55.5 Å². The Bertz CT molecular complexity index is 589. The number of rotatable bonds is 6.